The molecule has 2 aromatic carbocycles. The van der Waals surface area contributed by atoms with Crippen LogP contribution in [0.3, 0.4) is 0 Å². The molecule has 1 aliphatic rings. The Morgan fingerprint density at radius 1 is 0.909 bits per heavy atom. The summed E-state index contributed by atoms with van der Waals surface area (Å²) in [7, 11) is 0. The van der Waals surface area contributed by atoms with Crippen molar-refractivity contribution in [3.63, 3.8) is 0 Å². The maximum absolute atomic E-state index is 10.3. The van der Waals surface area contributed by atoms with Crippen LogP contribution in [0.15, 0.2) is 48.5 Å². The quantitative estimate of drug-likeness (QED) is 0.634. The molecular formula is C20H21NO. The average molecular weight is 291 g/mol. The lowest BCUT2D eigenvalue weighted by atomic mass is 9.83. The number of phenols is 1. The van der Waals surface area contributed by atoms with E-state index in [4.69, 9.17) is 0 Å². The second kappa shape index (κ2) is 5.53. The summed E-state index contributed by atoms with van der Waals surface area (Å²) in [6.45, 7) is 0. The van der Waals surface area contributed by atoms with Gasteiger partial charge in [-0.05, 0) is 60.2 Å². The molecule has 22 heavy (non-hydrogen) atoms. The molecule has 1 aliphatic carbocycles. The van der Waals surface area contributed by atoms with Gasteiger partial charge in [0, 0.05) is 16.6 Å². The van der Waals surface area contributed by atoms with E-state index in [1.165, 1.54) is 37.5 Å². The number of aromatic hydroxyl groups is 1. The van der Waals surface area contributed by atoms with Crippen LogP contribution in [0.4, 0.5) is 0 Å². The van der Waals surface area contributed by atoms with E-state index in [2.05, 4.69) is 35.3 Å². The minimum atomic E-state index is 0.451. The first kappa shape index (κ1) is 13.4. The van der Waals surface area contributed by atoms with Gasteiger partial charge in [-0.15, -0.1) is 0 Å². The summed E-state index contributed by atoms with van der Waals surface area (Å²) in [5.41, 5.74) is 4.56. The highest BCUT2D eigenvalue weighted by Crippen LogP contribution is 2.39. The fraction of sp³-hybridized carbons (Fsp3) is 0.300. The van der Waals surface area contributed by atoms with Gasteiger partial charge in [0.15, 0.2) is 0 Å². The van der Waals surface area contributed by atoms with Crippen LogP contribution >= 0.6 is 0 Å². The maximum Gasteiger partial charge on any atom is 0.119 e. The summed E-state index contributed by atoms with van der Waals surface area (Å²) in [6, 6.07) is 16.6. The molecule has 1 heterocycles. The Morgan fingerprint density at radius 2 is 1.73 bits per heavy atom. The van der Waals surface area contributed by atoms with Crippen LogP contribution in [0.5, 0.6) is 5.75 Å². The molecule has 0 amide bonds. The number of fused-ring (bicyclic) bond motifs is 1. The van der Waals surface area contributed by atoms with E-state index in [9.17, 15) is 5.11 Å². The molecule has 0 atom stereocenters. The van der Waals surface area contributed by atoms with Crippen molar-refractivity contribution in [1.29, 1.82) is 0 Å². The third-order valence-electron chi connectivity index (χ3n) is 4.91. The number of H-pyrrole nitrogens is 1. The number of aromatic amines is 1. The van der Waals surface area contributed by atoms with E-state index >= 15 is 0 Å². The molecule has 0 unspecified atom stereocenters. The second-order valence-corrected chi connectivity index (χ2v) is 6.38. The summed E-state index contributed by atoms with van der Waals surface area (Å²) >= 11 is 0. The third-order valence-corrected chi connectivity index (χ3v) is 4.91. The van der Waals surface area contributed by atoms with Crippen LogP contribution in [0.25, 0.3) is 22.2 Å². The normalized spacial score (nSPS) is 16.2. The van der Waals surface area contributed by atoms with Gasteiger partial charge in [-0.3, -0.25) is 0 Å². The molecule has 0 spiro atoms. The monoisotopic (exact) mass is 291 g/mol. The van der Waals surface area contributed by atoms with Crippen molar-refractivity contribution < 1.29 is 5.11 Å². The summed E-state index contributed by atoms with van der Waals surface area (Å²) in [4.78, 5) is 3.48. The van der Waals surface area contributed by atoms with Crippen molar-refractivity contribution in [2.75, 3.05) is 0 Å². The van der Waals surface area contributed by atoms with Crippen LogP contribution in [0.2, 0.25) is 0 Å². The fourth-order valence-electron chi connectivity index (χ4n) is 3.69. The smallest absolute Gasteiger partial charge is 0.119 e. The number of para-hydroxylation sites is 1. The Morgan fingerprint density at radius 3 is 2.55 bits per heavy atom. The van der Waals surface area contributed by atoms with Gasteiger partial charge in [0.1, 0.15) is 5.75 Å². The first-order valence-electron chi connectivity index (χ1n) is 8.22. The van der Waals surface area contributed by atoms with Gasteiger partial charge in [-0.2, -0.15) is 0 Å². The Bertz CT molecular complexity index is 763. The van der Waals surface area contributed by atoms with Crippen molar-refractivity contribution in [3.8, 4) is 17.0 Å². The van der Waals surface area contributed by atoms with E-state index in [1.807, 2.05) is 18.2 Å². The van der Waals surface area contributed by atoms with E-state index in [0.717, 1.165) is 22.3 Å². The van der Waals surface area contributed by atoms with Gasteiger partial charge in [0.2, 0.25) is 0 Å². The summed E-state index contributed by atoms with van der Waals surface area (Å²) in [6.07, 6.45) is 6.29. The molecule has 4 rings (SSSR count). The van der Waals surface area contributed by atoms with Crippen molar-refractivity contribution >= 4 is 10.9 Å². The van der Waals surface area contributed by atoms with E-state index in [0.29, 0.717) is 11.7 Å². The summed E-state index contributed by atoms with van der Waals surface area (Å²) < 4.78 is 0. The van der Waals surface area contributed by atoms with Gasteiger partial charge in [-0.1, -0.05) is 37.5 Å². The zero-order valence-electron chi connectivity index (χ0n) is 12.7. The Hall–Kier alpha value is -2.22. The fourth-order valence-corrected chi connectivity index (χ4v) is 3.69. The molecule has 1 saturated carbocycles. The first-order chi connectivity index (χ1) is 10.8. The highest BCUT2D eigenvalue weighted by atomic mass is 16.3. The zero-order chi connectivity index (χ0) is 14.9. The maximum atomic E-state index is 10.3. The Labute approximate surface area is 130 Å². The van der Waals surface area contributed by atoms with E-state index in [-0.39, 0.29) is 0 Å². The van der Waals surface area contributed by atoms with Crippen LogP contribution < -0.4 is 0 Å². The minimum absolute atomic E-state index is 0.451. The molecule has 2 nitrogen and oxygen atoms in total. The highest BCUT2D eigenvalue weighted by Gasteiger charge is 2.19. The van der Waals surface area contributed by atoms with Gasteiger partial charge in [0.25, 0.3) is 0 Å². The molecule has 3 aromatic rings. The van der Waals surface area contributed by atoms with Gasteiger partial charge >= 0.3 is 0 Å². The Balaban J connectivity index is 1.75. The van der Waals surface area contributed by atoms with Crippen LogP contribution in [0.1, 0.15) is 43.6 Å². The van der Waals surface area contributed by atoms with Gasteiger partial charge < -0.3 is 10.1 Å². The summed E-state index contributed by atoms with van der Waals surface area (Å²) in [5.74, 6) is 0.963. The molecule has 0 aliphatic heterocycles. The average Bonchev–Trinajstić information content (AvgIpc) is 3.00. The van der Waals surface area contributed by atoms with Crippen LogP contribution in [-0.2, 0) is 0 Å². The predicted molar refractivity (Wildman–Crippen MR) is 91.2 cm³/mol. The molecule has 0 radical (unpaired) electrons. The van der Waals surface area contributed by atoms with E-state index < -0.39 is 0 Å². The van der Waals surface area contributed by atoms with Crippen molar-refractivity contribution in [2.45, 2.75) is 38.0 Å². The van der Waals surface area contributed by atoms with Crippen molar-refractivity contribution in [1.82, 2.24) is 4.98 Å². The molecule has 2 N–H and O–H groups in total. The molecule has 1 aromatic heterocycles. The highest BCUT2D eigenvalue weighted by molar-refractivity contribution is 5.85. The standard InChI is InChI=1S/C20H21NO/c22-20-11-10-16(12-17(20)14-6-2-1-3-7-14)19-13-15-8-4-5-9-18(15)21-19/h4-5,8-14,21-22H,1-3,6-7H2. The Kier molecular flexibility index (Phi) is 3.38. The van der Waals surface area contributed by atoms with Gasteiger partial charge in [0.05, 0.1) is 0 Å². The number of nitrogens with one attached hydrogen (secondary N) is 1. The molecular weight excluding hydrogens is 270 g/mol. The van der Waals surface area contributed by atoms with Crippen molar-refractivity contribution in [2.24, 2.45) is 0 Å². The number of phenolic OH excluding ortho intramolecular Hbond substituents is 1. The number of hydrogen-bond acceptors (Lipinski definition) is 1. The van der Waals surface area contributed by atoms with Gasteiger partial charge in [-0.25, -0.2) is 0 Å². The lowest BCUT2D eigenvalue weighted by molar-refractivity contribution is 0.414. The number of aromatic nitrogens is 1. The minimum Gasteiger partial charge on any atom is -0.508 e. The van der Waals surface area contributed by atoms with Crippen molar-refractivity contribution in [3.05, 3.63) is 54.1 Å². The molecule has 112 valence electrons. The van der Waals surface area contributed by atoms with Crippen LogP contribution in [-0.4, -0.2) is 10.1 Å². The summed E-state index contributed by atoms with van der Waals surface area (Å²) in [5, 5.41) is 11.5. The number of hydrogen-bond donors (Lipinski definition) is 2. The number of rotatable bonds is 2. The SMILES string of the molecule is Oc1ccc(-c2cc3ccccc3[nH]2)cc1C1CCCCC1. The first-order valence-corrected chi connectivity index (χ1v) is 8.22. The third kappa shape index (κ3) is 2.39. The zero-order valence-corrected chi connectivity index (χ0v) is 12.7. The molecule has 0 bridgehead atoms. The lowest BCUT2D eigenvalue weighted by Crippen LogP contribution is -2.04. The lowest BCUT2D eigenvalue weighted by Gasteiger charge is -2.23. The molecule has 2 heteroatoms. The topological polar surface area (TPSA) is 36.0 Å². The number of benzene rings is 2. The second-order valence-electron chi connectivity index (χ2n) is 6.38. The molecule has 0 saturated heterocycles. The largest absolute Gasteiger partial charge is 0.508 e. The van der Waals surface area contributed by atoms with E-state index in [1.54, 1.807) is 0 Å². The van der Waals surface area contributed by atoms with Crippen LogP contribution in [0, 0.1) is 0 Å². The molecule has 1 fully saturated rings. The predicted octanol–water partition coefficient (Wildman–Crippen LogP) is 5.59.